The topological polar surface area (TPSA) is 119 Å². The summed E-state index contributed by atoms with van der Waals surface area (Å²) in [6.07, 6.45) is 5.66. The minimum Gasteiger partial charge on any atom is -0.298 e. The van der Waals surface area contributed by atoms with Crippen LogP contribution in [0.5, 0.6) is 0 Å². The summed E-state index contributed by atoms with van der Waals surface area (Å²) >= 11 is 13.5. The van der Waals surface area contributed by atoms with Crippen LogP contribution in [0.4, 0.5) is 0 Å². The van der Waals surface area contributed by atoms with Crippen molar-refractivity contribution in [3.8, 4) is 6.07 Å². The van der Waals surface area contributed by atoms with Crippen LogP contribution in [0, 0.1) is 11.3 Å². The Labute approximate surface area is 227 Å². The van der Waals surface area contributed by atoms with Crippen LogP contribution in [0.1, 0.15) is 31.2 Å². The Kier molecular flexibility index (Phi) is 10.1. The summed E-state index contributed by atoms with van der Waals surface area (Å²) in [6.45, 7) is 2.41. The first-order chi connectivity index (χ1) is 16.9. The summed E-state index contributed by atoms with van der Waals surface area (Å²) in [6, 6.07) is 12.5. The Hall–Kier alpha value is -1.36. The minimum absolute atomic E-state index is 0.155. The summed E-state index contributed by atoms with van der Waals surface area (Å²) < 4.78 is 54.5. The molecule has 2 fully saturated rings. The van der Waals surface area contributed by atoms with Crippen LogP contribution >= 0.6 is 35.0 Å². The van der Waals surface area contributed by atoms with Crippen molar-refractivity contribution >= 4 is 55.1 Å². The summed E-state index contributed by atoms with van der Waals surface area (Å²) in [5.74, 6) is 0. The molecule has 1 heterocycles. The van der Waals surface area contributed by atoms with Gasteiger partial charge < -0.3 is 0 Å². The van der Waals surface area contributed by atoms with Crippen LogP contribution < -0.4 is 0 Å². The molecule has 0 spiro atoms. The van der Waals surface area contributed by atoms with Crippen LogP contribution in [-0.4, -0.2) is 69.1 Å². The number of halogens is 2. The lowest BCUT2D eigenvalue weighted by atomic mass is 10.2. The second kappa shape index (κ2) is 12.5. The Morgan fingerprint density at radius 2 is 1.53 bits per heavy atom. The van der Waals surface area contributed by atoms with E-state index in [0.717, 1.165) is 18.0 Å². The molecule has 36 heavy (non-hydrogen) atoms. The third-order valence-electron chi connectivity index (χ3n) is 5.87. The van der Waals surface area contributed by atoms with Crippen molar-refractivity contribution < 1.29 is 21.4 Å². The molecule has 1 aliphatic carbocycles. The number of nitrogens with zero attached hydrogens (tertiary/aromatic N) is 3. The van der Waals surface area contributed by atoms with Gasteiger partial charge in [0.05, 0.1) is 22.8 Å². The average Bonchev–Trinajstić information content (AvgIpc) is 3.32. The fourth-order valence-corrected chi connectivity index (χ4v) is 7.83. The molecular weight excluding hydrogens is 565 g/mol. The number of hydrogen-bond acceptors (Lipinski definition) is 7. The SMILES string of the molecule is CS(=O)(=O)O.N#Cc1ccc(Sc2cc(Cl)cc(Cl)c2)c(S(=O)(=O)N2CCN(C3CCCC3)CC2)c1. The van der Waals surface area contributed by atoms with Crippen molar-refractivity contribution in [2.45, 2.75) is 46.4 Å². The van der Waals surface area contributed by atoms with Crippen LogP contribution in [-0.2, 0) is 20.1 Å². The lowest BCUT2D eigenvalue weighted by Gasteiger charge is -2.37. The van der Waals surface area contributed by atoms with E-state index in [0.29, 0.717) is 45.9 Å². The van der Waals surface area contributed by atoms with Gasteiger partial charge in [-0.2, -0.15) is 18.0 Å². The largest absolute Gasteiger partial charge is 0.298 e. The van der Waals surface area contributed by atoms with Gasteiger partial charge >= 0.3 is 0 Å². The van der Waals surface area contributed by atoms with Gasteiger partial charge in [-0.1, -0.05) is 47.8 Å². The Balaban J connectivity index is 0.000000658. The van der Waals surface area contributed by atoms with Gasteiger partial charge in [-0.15, -0.1) is 0 Å². The summed E-state index contributed by atoms with van der Waals surface area (Å²) in [5, 5.41) is 10.3. The Bertz CT molecular complexity index is 1300. The van der Waals surface area contributed by atoms with Crippen molar-refractivity contribution in [1.29, 1.82) is 5.26 Å². The summed E-state index contributed by atoms with van der Waals surface area (Å²) in [7, 11) is -7.41. The fraction of sp³-hybridized carbons (Fsp3) is 0.435. The van der Waals surface area contributed by atoms with Gasteiger partial charge in [0.1, 0.15) is 0 Å². The highest BCUT2D eigenvalue weighted by atomic mass is 35.5. The van der Waals surface area contributed by atoms with Gasteiger partial charge in [0, 0.05) is 52.1 Å². The number of piperazine rings is 1. The standard InChI is InChI=1S/C22H23Cl2N3O2S2.CH4O3S/c23-17-12-18(24)14-20(13-17)30-21-6-5-16(15-25)11-22(21)31(28,29)27-9-7-26(8-10-27)19-3-1-2-4-19;1-5(2,3)4/h5-6,11-14,19H,1-4,7-10H2;1H3,(H,2,3,4). The normalized spacial score (nSPS) is 17.9. The quantitative estimate of drug-likeness (QED) is 0.494. The smallest absolute Gasteiger partial charge is 0.261 e. The molecule has 1 N–H and O–H groups in total. The minimum atomic E-state index is -3.74. The molecule has 0 atom stereocenters. The van der Waals surface area contributed by atoms with Crippen molar-refractivity contribution in [2.75, 3.05) is 32.4 Å². The first-order valence-corrected chi connectivity index (χ1v) is 16.1. The zero-order chi connectivity index (χ0) is 26.5. The molecule has 0 bridgehead atoms. The predicted octanol–water partition coefficient (Wildman–Crippen LogP) is 4.77. The maximum absolute atomic E-state index is 13.6. The van der Waals surface area contributed by atoms with Crippen LogP contribution in [0.2, 0.25) is 10.0 Å². The van der Waals surface area contributed by atoms with Gasteiger partial charge in [0.15, 0.2) is 0 Å². The summed E-state index contributed by atoms with van der Waals surface area (Å²) in [5.41, 5.74) is 0.316. The van der Waals surface area contributed by atoms with Gasteiger partial charge in [-0.05, 0) is 49.2 Å². The van der Waals surface area contributed by atoms with E-state index in [9.17, 15) is 22.1 Å². The molecule has 8 nitrogen and oxygen atoms in total. The molecule has 2 aromatic rings. The molecule has 0 radical (unpaired) electrons. The lowest BCUT2D eigenvalue weighted by Crippen LogP contribution is -2.51. The molecule has 4 rings (SSSR count). The number of benzene rings is 2. The number of sulfonamides is 1. The molecular formula is C23H27Cl2N3O5S3. The van der Waals surface area contributed by atoms with Crippen LogP contribution in [0.15, 0.2) is 51.1 Å². The maximum atomic E-state index is 13.6. The molecule has 13 heteroatoms. The number of nitriles is 1. The van der Waals surface area contributed by atoms with Gasteiger partial charge in [0.2, 0.25) is 10.0 Å². The third-order valence-corrected chi connectivity index (χ3v) is 9.42. The fourth-order valence-electron chi connectivity index (χ4n) is 4.30. The monoisotopic (exact) mass is 591 g/mol. The van der Waals surface area contributed by atoms with Gasteiger partial charge in [0.25, 0.3) is 10.1 Å². The van der Waals surface area contributed by atoms with Gasteiger partial charge in [-0.3, -0.25) is 9.45 Å². The molecule has 1 aliphatic heterocycles. The molecule has 196 valence electrons. The third kappa shape index (κ3) is 8.33. The zero-order valence-electron chi connectivity index (χ0n) is 19.6. The van der Waals surface area contributed by atoms with Crippen molar-refractivity contribution in [2.24, 2.45) is 0 Å². The molecule has 1 saturated heterocycles. The first kappa shape index (κ1) is 29.2. The van der Waals surface area contributed by atoms with E-state index in [-0.39, 0.29) is 4.90 Å². The molecule has 0 amide bonds. The van der Waals surface area contributed by atoms with E-state index in [4.69, 9.17) is 27.8 Å². The second-order valence-corrected chi connectivity index (χ2v) is 14.0. The first-order valence-electron chi connectivity index (χ1n) is 11.2. The highest BCUT2D eigenvalue weighted by molar-refractivity contribution is 8.00. The van der Waals surface area contributed by atoms with Crippen molar-refractivity contribution in [1.82, 2.24) is 9.21 Å². The average molecular weight is 593 g/mol. The van der Waals surface area contributed by atoms with Crippen molar-refractivity contribution in [3.63, 3.8) is 0 Å². The van der Waals surface area contributed by atoms with Crippen molar-refractivity contribution in [3.05, 3.63) is 52.0 Å². The highest BCUT2D eigenvalue weighted by Crippen LogP contribution is 2.37. The molecule has 0 unspecified atom stereocenters. The molecule has 0 aromatic heterocycles. The second-order valence-electron chi connectivity index (χ2n) is 8.59. The Morgan fingerprint density at radius 3 is 2.06 bits per heavy atom. The van der Waals surface area contributed by atoms with E-state index in [1.54, 1.807) is 34.6 Å². The van der Waals surface area contributed by atoms with Crippen LogP contribution in [0.25, 0.3) is 0 Å². The lowest BCUT2D eigenvalue weighted by molar-refractivity contribution is 0.139. The van der Waals surface area contributed by atoms with E-state index >= 15 is 0 Å². The van der Waals surface area contributed by atoms with Gasteiger partial charge in [-0.25, -0.2) is 8.42 Å². The molecule has 2 aliphatic rings. The Morgan fingerprint density at radius 1 is 0.972 bits per heavy atom. The zero-order valence-corrected chi connectivity index (χ0v) is 23.6. The number of rotatable bonds is 5. The predicted molar refractivity (Wildman–Crippen MR) is 142 cm³/mol. The van der Waals surface area contributed by atoms with E-state index in [1.807, 2.05) is 0 Å². The molecule has 2 aromatic carbocycles. The van der Waals surface area contributed by atoms with E-state index in [1.165, 1.54) is 43.5 Å². The summed E-state index contributed by atoms with van der Waals surface area (Å²) in [4.78, 5) is 3.87. The maximum Gasteiger partial charge on any atom is 0.261 e. The van der Waals surface area contributed by atoms with Crippen LogP contribution in [0.3, 0.4) is 0 Å². The van der Waals surface area contributed by atoms with E-state index < -0.39 is 20.1 Å². The molecule has 1 saturated carbocycles. The number of hydrogen-bond donors (Lipinski definition) is 1. The highest BCUT2D eigenvalue weighted by Gasteiger charge is 2.33. The van der Waals surface area contributed by atoms with E-state index in [2.05, 4.69) is 11.0 Å².